The zero-order valence-corrected chi connectivity index (χ0v) is 14.9. The summed E-state index contributed by atoms with van der Waals surface area (Å²) < 4.78 is 10.9. The normalized spacial score (nSPS) is 20.4. The predicted octanol–water partition coefficient (Wildman–Crippen LogP) is 3.21. The molecule has 0 spiro atoms. The first-order valence-electron chi connectivity index (χ1n) is 8.67. The van der Waals surface area contributed by atoms with E-state index >= 15 is 0 Å². The molecule has 1 saturated carbocycles. The van der Waals surface area contributed by atoms with Crippen molar-refractivity contribution in [1.29, 1.82) is 0 Å². The van der Waals surface area contributed by atoms with Gasteiger partial charge in [-0.2, -0.15) is 4.98 Å². The Balaban J connectivity index is 1.31. The van der Waals surface area contributed by atoms with Crippen LogP contribution in [0.15, 0.2) is 28.8 Å². The van der Waals surface area contributed by atoms with E-state index in [0.29, 0.717) is 24.2 Å². The molecule has 1 aromatic carbocycles. The Labute approximate surface area is 150 Å². The van der Waals surface area contributed by atoms with E-state index in [9.17, 15) is 4.79 Å². The van der Waals surface area contributed by atoms with Crippen molar-refractivity contribution in [2.45, 2.75) is 49.1 Å². The summed E-state index contributed by atoms with van der Waals surface area (Å²) in [5.74, 6) is 3.33. The van der Waals surface area contributed by atoms with Crippen LogP contribution in [0, 0.1) is 0 Å². The van der Waals surface area contributed by atoms with E-state index < -0.39 is 0 Å². The Bertz CT molecular complexity index is 760. The minimum absolute atomic E-state index is 0.00498. The molecular formula is C18H21N3O3S. The van der Waals surface area contributed by atoms with Crippen LogP contribution < -0.4 is 10.1 Å². The molecule has 1 aromatic heterocycles. The number of hydrogen-bond acceptors (Lipinski definition) is 6. The summed E-state index contributed by atoms with van der Waals surface area (Å²) in [4.78, 5) is 16.9. The van der Waals surface area contributed by atoms with Gasteiger partial charge in [-0.25, -0.2) is 0 Å². The molecule has 0 bridgehead atoms. The van der Waals surface area contributed by atoms with E-state index in [1.165, 1.54) is 11.8 Å². The lowest BCUT2D eigenvalue weighted by Crippen LogP contribution is -2.36. The molecule has 2 aliphatic rings. The summed E-state index contributed by atoms with van der Waals surface area (Å²) >= 11 is 1.51. The molecule has 2 aromatic rings. The Morgan fingerprint density at radius 2 is 2.20 bits per heavy atom. The molecule has 2 heterocycles. The largest absolute Gasteiger partial charge is 0.493 e. The van der Waals surface area contributed by atoms with Crippen molar-refractivity contribution in [3.05, 3.63) is 41.5 Å². The fourth-order valence-corrected chi connectivity index (χ4v) is 3.62. The average molecular weight is 359 g/mol. The highest BCUT2D eigenvalue weighted by Gasteiger charge is 2.29. The van der Waals surface area contributed by atoms with Gasteiger partial charge in [0.15, 0.2) is 5.82 Å². The summed E-state index contributed by atoms with van der Waals surface area (Å²) in [6.45, 7) is 2.53. The summed E-state index contributed by atoms with van der Waals surface area (Å²) in [6, 6.07) is 7.87. The first-order valence-corrected chi connectivity index (χ1v) is 9.72. The van der Waals surface area contributed by atoms with E-state index in [1.54, 1.807) is 0 Å². The van der Waals surface area contributed by atoms with Crippen LogP contribution in [0.1, 0.15) is 55.4 Å². The topological polar surface area (TPSA) is 77.2 Å². The van der Waals surface area contributed by atoms with Crippen LogP contribution in [0.2, 0.25) is 0 Å². The third-order valence-electron chi connectivity index (χ3n) is 4.53. The van der Waals surface area contributed by atoms with Crippen molar-refractivity contribution in [3.8, 4) is 5.75 Å². The van der Waals surface area contributed by atoms with Gasteiger partial charge in [-0.15, -0.1) is 11.8 Å². The number of para-hydroxylation sites is 1. The zero-order chi connectivity index (χ0) is 17.2. The zero-order valence-electron chi connectivity index (χ0n) is 14.1. The highest BCUT2D eigenvalue weighted by molar-refractivity contribution is 7.99. The molecule has 132 valence electrons. The number of amides is 1. The monoisotopic (exact) mass is 359 g/mol. The molecule has 6 nitrogen and oxygen atoms in total. The molecule has 25 heavy (non-hydrogen) atoms. The van der Waals surface area contributed by atoms with Crippen molar-refractivity contribution in [2.24, 2.45) is 0 Å². The van der Waals surface area contributed by atoms with Gasteiger partial charge in [0.25, 0.3) is 0 Å². The van der Waals surface area contributed by atoms with Crippen molar-refractivity contribution < 1.29 is 14.1 Å². The number of carbonyl (C=O) groups excluding carboxylic acids is 1. The number of fused-ring (bicyclic) bond motifs is 1. The van der Waals surface area contributed by atoms with Crippen LogP contribution in [-0.2, 0) is 10.5 Å². The smallest absolute Gasteiger partial charge is 0.236 e. The second kappa shape index (κ2) is 7.07. The molecule has 0 saturated heterocycles. The quantitative estimate of drug-likeness (QED) is 0.853. The summed E-state index contributed by atoms with van der Waals surface area (Å²) in [7, 11) is 0. The first-order chi connectivity index (χ1) is 12.2. The Hall–Kier alpha value is -2.02. The van der Waals surface area contributed by atoms with E-state index in [-0.39, 0.29) is 17.2 Å². The van der Waals surface area contributed by atoms with Gasteiger partial charge >= 0.3 is 0 Å². The number of carbonyl (C=O) groups is 1. The Morgan fingerprint density at radius 1 is 1.36 bits per heavy atom. The maximum atomic E-state index is 12.5. The highest BCUT2D eigenvalue weighted by atomic mass is 32.2. The number of rotatable bonds is 6. The van der Waals surface area contributed by atoms with Gasteiger partial charge in [-0.05, 0) is 25.8 Å². The second-order valence-corrected chi connectivity index (χ2v) is 7.84. The predicted molar refractivity (Wildman–Crippen MR) is 94.5 cm³/mol. The first kappa shape index (κ1) is 16.4. The van der Waals surface area contributed by atoms with E-state index in [2.05, 4.69) is 15.5 Å². The number of thioether (sulfide) groups is 1. The fourth-order valence-electron chi connectivity index (χ4n) is 2.89. The van der Waals surface area contributed by atoms with Gasteiger partial charge in [0.05, 0.1) is 23.7 Å². The van der Waals surface area contributed by atoms with E-state index in [1.807, 2.05) is 31.2 Å². The summed E-state index contributed by atoms with van der Waals surface area (Å²) in [5.41, 5.74) is 1.05. The molecule has 0 unspecified atom stereocenters. The van der Waals surface area contributed by atoms with Crippen molar-refractivity contribution >= 4 is 17.7 Å². The molecule has 7 heteroatoms. The van der Waals surface area contributed by atoms with Gasteiger partial charge in [0.2, 0.25) is 11.8 Å². The lowest BCUT2D eigenvalue weighted by Gasteiger charge is -2.27. The van der Waals surface area contributed by atoms with Crippen LogP contribution in [0.5, 0.6) is 5.75 Å². The standard InChI is InChI=1S/C18H21N3O3S/c1-11(25-10-16-20-17(21-24-16)12-6-7-12)18(22)19-14-8-9-23-15-5-3-2-4-13(14)15/h2-5,11-12,14H,6-10H2,1H3,(H,19,22)/t11-,14+/m1/s1. The minimum atomic E-state index is -0.189. The lowest BCUT2D eigenvalue weighted by atomic mass is 10.0. The second-order valence-electron chi connectivity index (χ2n) is 6.51. The van der Waals surface area contributed by atoms with Crippen LogP contribution in [-0.4, -0.2) is 27.9 Å². The Morgan fingerprint density at radius 3 is 3.04 bits per heavy atom. The summed E-state index contributed by atoms with van der Waals surface area (Å²) in [5, 5.41) is 6.96. The van der Waals surface area contributed by atoms with Crippen LogP contribution in [0.4, 0.5) is 0 Å². The van der Waals surface area contributed by atoms with Crippen LogP contribution in [0.25, 0.3) is 0 Å². The number of aromatic nitrogens is 2. The van der Waals surface area contributed by atoms with Crippen LogP contribution in [0.3, 0.4) is 0 Å². The fraction of sp³-hybridized carbons (Fsp3) is 0.500. The number of nitrogens with zero attached hydrogens (tertiary/aromatic N) is 2. The number of nitrogens with one attached hydrogen (secondary N) is 1. The van der Waals surface area contributed by atoms with Gasteiger partial charge in [-0.1, -0.05) is 23.4 Å². The number of hydrogen-bond donors (Lipinski definition) is 1. The molecule has 1 N–H and O–H groups in total. The number of ether oxygens (including phenoxy) is 1. The van der Waals surface area contributed by atoms with Gasteiger partial charge < -0.3 is 14.6 Å². The van der Waals surface area contributed by atoms with Gasteiger partial charge in [-0.3, -0.25) is 4.79 Å². The average Bonchev–Trinajstić information content (AvgIpc) is 3.38. The third kappa shape index (κ3) is 3.81. The van der Waals surface area contributed by atoms with Crippen LogP contribution >= 0.6 is 11.8 Å². The highest BCUT2D eigenvalue weighted by Crippen LogP contribution is 2.38. The van der Waals surface area contributed by atoms with Gasteiger partial charge in [0.1, 0.15) is 5.75 Å². The molecule has 4 rings (SSSR count). The van der Waals surface area contributed by atoms with Crippen molar-refractivity contribution in [3.63, 3.8) is 0 Å². The number of benzene rings is 1. The Kier molecular flexibility index (Phi) is 4.65. The van der Waals surface area contributed by atoms with Crippen molar-refractivity contribution in [1.82, 2.24) is 15.5 Å². The maximum Gasteiger partial charge on any atom is 0.236 e. The molecule has 1 aliphatic heterocycles. The van der Waals surface area contributed by atoms with Crippen molar-refractivity contribution in [2.75, 3.05) is 6.61 Å². The van der Waals surface area contributed by atoms with E-state index in [4.69, 9.17) is 9.26 Å². The minimum Gasteiger partial charge on any atom is -0.493 e. The lowest BCUT2D eigenvalue weighted by molar-refractivity contribution is -0.121. The molecule has 1 fully saturated rings. The summed E-state index contributed by atoms with van der Waals surface area (Å²) in [6.07, 6.45) is 3.09. The third-order valence-corrected chi connectivity index (χ3v) is 5.66. The molecular weight excluding hydrogens is 338 g/mol. The van der Waals surface area contributed by atoms with E-state index in [0.717, 1.165) is 36.4 Å². The maximum absolute atomic E-state index is 12.5. The molecule has 1 aliphatic carbocycles. The van der Waals surface area contributed by atoms with Gasteiger partial charge in [0, 0.05) is 17.9 Å². The SMILES string of the molecule is C[C@@H](SCc1nc(C2CC2)no1)C(=O)N[C@H]1CCOc2ccccc21. The molecule has 1 amide bonds. The molecule has 0 radical (unpaired) electrons. The molecule has 2 atom stereocenters.